The summed E-state index contributed by atoms with van der Waals surface area (Å²) in [5.41, 5.74) is 3.07. The lowest BCUT2D eigenvalue weighted by molar-refractivity contribution is -0.137. The van der Waals surface area contributed by atoms with Gasteiger partial charge in [-0.2, -0.15) is 0 Å². The normalized spacial score (nSPS) is 12.4. The summed E-state index contributed by atoms with van der Waals surface area (Å²) < 4.78 is 0. The second-order valence-corrected chi connectivity index (χ2v) is 9.40. The zero-order valence-corrected chi connectivity index (χ0v) is 18.5. The van der Waals surface area contributed by atoms with Gasteiger partial charge in [-0.05, 0) is 42.4 Å². The fourth-order valence-corrected chi connectivity index (χ4v) is 3.83. The van der Waals surface area contributed by atoms with Crippen LogP contribution in [0.15, 0.2) is 18.2 Å². The largest absolute Gasteiger partial charge is 0.481 e. The van der Waals surface area contributed by atoms with E-state index >= 15 is 0 Å². The molecule has 0 saturated carbocycles. The number of hydrogen-bond acceptors (Lipinski definition) is 6. The number of aliphatic carboxylic acids is 1. The molecule has 0 spiro atoms. The Morgan fingerprint density at radius 3 is 2.29 bits per heavy atom. The Kier molecular flexibility index (Phi) is 7.80. The van der Waals surface area contributed by atoms with Crippen LogP contribution < -0.4 is 10.2 Å². The summed E-state index contributed by atoms with van der Waals surface area (Å²) in [5, 5.41) is 22.5. The number of rotatable bonds is 10. The van der Waals surface area contributed by atoms with Gasteiger partial charge in [0.15, 0.2) is 0 Å². The topological polar surface area (TPSA) is 78.3 Å². The van der Waals surface area contributed by atoms with Crippen LogP contribution in [-0.2, 0) is 4.79 Å². The minimum absolute atomic E-state index is 0.0631. The molecule has 0 bridgehead atoms. The Balaban J connectivity index is 2.44. The van der Waals surface area contributed by atoms with Crippen molar-refractivity contribution in [2.24, 2.45) is 11.8 Å². The first kappa shape index (κ1) is 22.1. The number of anilines is 3. The molecule has 0 saturated heterocycles. The lowest BCUT2D eigenvalue weighted by Crippen LogP contribution is -2.31. The Morgan fingerprint density at radius 2 is 1.79 bits per heavy atom. The van der Waals surface area contributed by atoms with Crippen LogP contribution in [0.1, 0.15) is 57.5 Å². The smallest absolute Gasteiger partial charge is 0.303 e. The highest BCUT2D eigenvalue weighted by molar-refractivity contribution is 7.15. The first-order chi connectivity index (χ1) is 13.2. The molecule has 1 atom stereocenters. The van der Waals surface area contributed by atoms with Crippen LogP contribution in [0, 0.1) is 18.8 Å². The molecule has 0 amide bonds. The van der Waals surface area contributed by atoms with E-state index in [1.807, 2.05) is 19.9 Å². The average molecular weight is 405 g/mol. The summed E-state index contributed by atoms with van der Waals surface area (Å²) in [6.45, 7) is 14.7. The van der Waals surface area contributed by atoms with Crippen LogP contribution in [0.3, 0.4) is 0 Å². The van der Waals surface area contributed by atoms with Crippen LogP contribution in [0.2, 0.25) is 0 Å². The predicted molar refractivity (Wildman–Crippen MR) is 117 cm³/mol. The molecule has 0 aliphatic carbocycles. The van der Waals surface area contributed by atoms with Gasteiger partial charge in [-0.1, -0.05) is 52.0 Å². The zero-order valence-electron chi connectivity index (χ0n) is 17.7. The van der Waals surface area contributed by atoms with Crippen molar-refractivity contribution in [1.29, 1.82) is 0 Å². The Morgan fingerprint density at radius 1 is 1.14 bits per heavy atom. The van der Waals surface area contributed by atoms with Crippen molar-refractivity contribution in [3.63, 3.8) is 0 Å². The van der Waals surface area contributed by atoms with E-state index < -0.39 is 5.97 Å². The van der Waals surface area contributed by atoms with Gasteiger partial charge in [-0.15, -0.1) is 10.2 Å². The highest BCUT2D eigenvalue weighted by Gasteiger charge is 2.18. The molecule has 2 rings (SSSR count). The van der Waals surface area contributed by atoms with E-state index in [1.165, 1.54) is 11.3 Å². The van der Waals surface area contributed by atoms with Crippen molar-refractivity contribution in [3.8, 4) is 0 Å². The van der Waals surface area contributed by atoms with Crippen molar-refractivity contribution in [2.75, 3.05) is 23.3 Å². The van der Waals surface area contributed by atoms with Crippen molar-refractivity contribution in [3.05, 3.63) is 28.8 Å². The van der Waals surface area contributed by atoms with Crippen molar-refractivity contribution >= 4 is 33.8 Å². The van der Waals surface area contributed by atoms with Gasteiger partial charge in [-0.3, -0.25) is 4.79 Å². The highest BCUT2D eigenvalue weighted by Crippen LogP contribution is 2.34. The van der Waals surface area contributed by atoms with Gasteiger partial charge in [0.25, 0.3) is 0 Å². The number of nitrogens with one attached hydrogen (secondary N) is 1. The Labute approximate surface area is 172 Å². The quantitative estimate of drug-likeness (QED) is 0.560. The van der Waals surface area contributed by atoms with Gasteiger partial charge in [0.1, 0.15) is 5.01 Å². The number of carbonyl (C=O) groups is 1. The van der Waals surface area contributed by atoms with Crippen LogP contribution in [0.4, 0.5) is 16.5 Å². The molecule has 0 aliphatic rings. The molecule has 2 aromatic rings. The molecule has 0 radical (unpaired) electrons. The number of carboxylic acid groups (broad SMARTS) is 1. The third-order valence-corrected chi connectivity index (χ3v) is 5.10. The van der Waals surface area contributed by atoms with Crippen molar-refractivity contribution in [1.82, 2.24) is 10.2 Å². The van der Waals surface area contributed by atoms with Gasteiger partial charge in [-0.25, -0.2) is 0 Å². The maximum atomic E-state index is 11.1. The summed E-state index contributed by atoms with van der Waals surface area (Å²) in [6.07, 6.45) is 0.110. The van der Waals surface area contributed by atoms with Crippen LogP contribution in [0.5, 0.6) is 0 Å². The maximum absolute atomic E-state index is 11.1. The fraction of sp³-hybridized carbons (Fsp3) is 0.571. The van der Waals surface area contributed by atoms with E-state index in [-0.39, 0.29) is 12.3 Å². The van der Waals surface area contributed by atoms with Crippen molar-refractivity contribution in [2.45, 2.75) is 53.9 Å². The van der Waals surface area contributed by atoms with Gasteiger partial charge in [0, 0.05) is 13.1 Å². The third kappa shape index (κ3) is 6.48. The van der Waals surface area contributed by atoms with Gasteiger partial charge >= 0.3 is 5.97 Å². The summed E-state index contributed by atoms with van der Waals surface area (Å²) in [4.78, 5) is 13.5. The van der Waals surface area contributed by atoms with E-state index in [0.29, 0.717) is 11.8 Å². The number of aryl methyl sites for hydroxylation is 1. The van der Waals surface area contributed by atoms with Crippen LogP contribution >= 0.6 is 11.3 Å². The molecule has 0 fully saturated rings. The monoisotopic (exact) mass is 404 g/mol. The zero-order chi connectivity index (χ0) is 20.8. The number of nitrogens with zero attached hydrogens (tertiary/aromatic N) is 3. The molecule has 1 aromatic heterocycles. The first-order valence-electron chi connectivity index (χ1n) is 9.83. The summed E-state index contributed by atoms with van der Waals surface area (Å²) >= 11 is 1.51. The maximum Gasteiger partial charge on any atom is 0.303 e. The summed E-state index contributed by atoms with van der Waals surface area (Å²) in [6, 6.07) is 6.22. The molecule has 1 heterocycles. The van der Waals surface area contributed by atoms with Gasteiger partial charge < -0.3 is 15.3 Å². The number of benzene rings is 1. The van der Waals surface area contributed by atoms with Crippen molar-refractivity contribution < 1.29 is 9.90 Å². The number of carboxylic acids is 1. The van der Waals surface area contributed by atoms with E-state index in [2.05, 4.69) is 60.2 Å². The van der Waals surface area contributed by atoms with Crippen LogP contribution in [0.25, 0.3) is 0 Å². The molecule has 1 unspecified atom stereocenters. The second-order valence-electron chi connectivity index (χ2n) is 8.22. The molecule has 28 heavy (non-hydrogen) atoms. The number of hydrogen-bond donors (Lipinski definition) is 2. The molecule has 7 heteroatoms. The molecule has 2 N–H and O–H groups in total. The lowest BCUT2D eigenvalue weighted by Gasteiger charge is -2.31. The highest BCUT2D eigenvalue weighted by atomic mass is 32.1. The van der Waals surface area contributed by atoms with Crippen LogP contribution in [-0.4, -0.2) is 34.4 Å². The minimum Gasteiger partial charge on any atom is -0.481 e. The Hall–Kier alpha value is -2.15. The van der Waals surface area contributed by atoms with E-state index in [9.17, 15) is 4.79 Å². The lowest BCUT2D eigenvalue weighted by atomic mass is 9.96. The fourth-order valence-electron chi connectivity index (χ4n) is 3.23. The molecular weight excluding hydrogens is 372 g/mol. The number of aromatic nitrogens is 2. The minimum atomic E-state index is -0.785. The summed E-state index contributed by atoms with van der Waals surface area (Å²) in [5.74, 6) is 0.209. The predicted octanol–water partition coefficient (Wildman–Crippen LogP) is 5.29. The molecule has 154 valence electrons. The average Bonchev–Trinajstić information content (AvgIpc) is 2.97. The first-order valence-corrected chi connectivity index (χ1v) is 10.6. The van der Waals surface area contributed by atoms with E-state index in [1.54, 1.807) is 0 Å². The summed E-state index contributed by atoms with van der Waals surface area (Å²) in [7, 11) is 0. The molecule has 1 aromatic carbocycles. The van der Waals surface area contributed by atoms with Gasteiger partial charge in [0.2, 0.25) is 5.13 Å². The van der Waals surface area contributed by atoms with Gasteiger partial charge in [0.05, 0.1) is 17.8 Å². The van der Waals surface area contributed by atoms with E-state index in [0.717, 1.165) is 40.2 Å². The second kappa shape index (κ2) is 9.87. The van der Waals surface area contributed by atoms with E-state index in [4.69, 9.17) is 5.11 Å². The standard InChI is InChI=1S/C21H32N4O2S/c1-13(2)11-25(12-14(3)4)19-8-7-17(15(5)9-20(26)27)10-18(19)22-21-24-23-16(6)28-21/h7-8,10,13-15H,9,11-12H2,1-6H3,(H,22,24)(H,26,27). The molecule has 0 aliphatic heterocycles. The molecular formula is C21H32N4O2S. The third-order valence-electron chi connectivity index (χ3n) is 4.35. The SMILES string of the molecule is Cc1nnc(Nc2cc(C(C)CC(=O)O)ccc2N(CC(C)C)CC(C)C)s1. The Bertz CT molecular complexity index is 778. The molecule has 6 nitrogen and oxygen atoms in total.